The summed E-state index contributed by atoms with van der Waals surface area (Å²) >= 11 is 0. The zero-order valence-corrected chi connectivity index (χ0v) is 14.7. The van der Waals surface area contributed by atoms with Crippen molar-refractivity contribution < 1.29 is 63.3 Å². The second-order valence-electron chi connectivity index (χ2n) is 6.69. The first-order valence-electron chi connectivity index (χ1n) is 7.62. The molecule has 1 rings (SSSR count). The molecule has 1 heterocycles. The van der Waals surface area contributed by atoms with Gasteiger partial charge in [-0.3, -0.25) is 4.79 Å². The van der Waals surface area contributed by atoms with E-state index < -0.39 is 66.9 Å². The van der Waals surface area contributed by atoms with Crippen LogP contribution in [0.5, 0.6) is 0 Å². The Morgan fingerprint density at radius 1 is 1.00 bits per heavy atom. The predicted molar refractivity (Wildman–Crippen MR) is 70.4 cm³/mol. The normalized spacial score (nSPS) is 36.7. The molecular weight excluding hydrogens is 422 g/mol. The maximum Gasteiger partial charge on any atom is 0.449 e. The van der Waals surface area contributed by atoms with Crippen LogP contribution in [0.1, 0.15) is 34.1 Å². The van der Waals surface area contributed by atoms with Gasteiger partial charge in [-0.05, 0) is 20.3 Å². The van der Waals surface area contributed by atoms with Crippen molar-refractivity contribution >= 4 is 5.97 Å². The molecule has 4 unspecified atom stereocenters. The van der Waals surface area contributed by atoms with Crippen LogP contribution in [0.4, 0.5) is 43.9 Å². The van der Waals surface area contributed by atoms with E-state index in [2.05, 4.69) is 9.47 Å². The average molecular weight is 438 g/mol. The Morgan fingerprint density at radius 3 is 1.75 bits per heavy atom. The Kier molecular flexibility index (Phi) is 5.60. The molecule has 0 saturated carbocycles. The highest BCUT2D eigenvalue weighted by Gasteiger charge is 2.94. The van der Waals surface area contributed by atoms with Crippen LogP contribution in [0.15, 0.2) is 0 Å². The highest BCUT2D eigenvalue weighted by molar-refractivity contribution is 5.72. The second-order valence-corrected chi connectivity index (χ2v) is 6.69. The molecule has 1 N–H and O–H groups in total. The van der Waals surface area contributed by atoms with Gasteiger partial charge in [-0.1, -0.05) is 13.8 Å². The monoisotopic (exact) mass is 438 g/mol. The molecule has 0 bridgehead atoms. The minimum Gasteiger partial charge on any atom is -0.446 e. The molecule has 28 heavy (non-hydrogen) atoms. The van der Waals surface area contributed by atoms with E-state index in [4.69, 9.17) is 0 Å². The van der Waals surface area contributed by atoms with E-state index >= 15 is 0 Å². The number of ether oxygens (including phenoxy) is 2. The number of carbonyl (C=O) groups is 1. The molecule has 0 amide bonds. The lowest BCUT2D eigenvalue weighted by Gasteiger charge is -2.58. The number of aliphatic hydroxyl groups is 1. The minimum atomic E-state index is -6.68. The lowest BCUT2D eigenvalue weighted by Crippen LogP contribution is -2.86. The molecule has 4 nitrogen and oxygen atoms in total. The summed E-state index contributed by atoms with van der Waals surface area (Å²) in [5.41, 5.74) is -10.4. The molecule has 4 atom stereocenters. The first-order valence-corrected chi connectivity index (χ1v) is 7.62. The van der Waals surface area contributed by atoms with Gasteiger partial charge in [0.2, 0.25) is 11.2 Å². The van der Waals surface area contributed by atoms with E-state index in [0.717, 1.165) is 6.92 Å². The van der Waals surface area contributed by atoms with Gasteiger partial charge in [0.05, 0.1) is 5.92 Å². The zero-order chi connectivity index (χ0) is 22.8. The van der Waals surface area contributed by atoms with Crippen LogP contribution in [0.2, 0.25) is 0 Å². The Labute approximate surface area is 151 Å². The fourth-order valence-corrected chi connectivity index (χ4v) is 2.47. The van der Waals surface area contributed by atoms with Crippen molar-refractivity contribution in [3.05, 3.63) is 0 Å². The first kappa shape index (κ1) is 24.7. The van der Waals surface area contributed by atoms with Crippen molar-refractivity contribution in [3.63, 3.8) is 0 Å². The zero-order valence-electron chi connectivity index (χ0n) is 14.7. The van der Waals surface area contributed by atoms with Gasteiger partial charge in [-0.25, -0.2) is 0 Å². The molecule has 0 aromatic rings. The highest BCUT2D eigenvalue weighted by atomic mass is 19.4. The Hall–Kier alpha value is -1.31. The minimum absolute atomic E-state index is 0.220. The summed E-state index contributed by atoms with van der Waals surface area (Å²) in [6.07, 6.45) is -13.3. The maximum atomic E-state index is 14.7. The number of esters is 1. The summed E-state index contributed by atoms with van der Waals surface area (Å²) in [6.45, 7) is 1.03. The summed E-state index contributed by atoms with van der Waals surface area (Å²) in [6, 6.07) is 0. The van der Waals surface area contributed by atoms with Gasteiger partial charge < -0.3 is 14.6 Å². The number of carbonyl (C=O) groups excluding carboxylic acids is 1. The number of hydrogen-bond acceptors (Lipinski definition) is 4. The van der Waals surface area contributed by atoms with Gasteiger partial charge in [0, 0.05) is 0 Å². The van der Waals surface area contributed by atoms with Crippen molar-refractivity contribution in [1.82, 2.24) is 0 Å². The summed E-state index contributed by atoms with van der Waals surface area (Å²) in [5, 5.41) is 9.39. The molecule has 1 fully saturated rings. The van der Waals surface area contributed by atoms with Crippen LogP contribution in [0.25, 0.3) is 0 Å². The topological polar surface area (TPSA) is 55.8 Å². The third-order valence-electron chi connectivity index (χ3n) is 4.82. The van der Waals surface area contributed by atoms with Crippen LogP contribution < -0.4 is 0 Å². The van der Waals surface area contributed by atoms with E-state index in [1.807, 2.05) is 0 Å². The van der Waals surface area contributed by atoms with Crippen molar-refractivity contribution in [1.29, 1.82) is 0 Å². The lowest BCUT2D eigenvalue weighted by molar-refractivity contribution is -0.553. The molecule has 0 radical (unpaired) electrons. The molecule has 14 heteroatoms. The smallest absolute Gasteiger partial charge is 0.446 e. The first-order chi connectivity index (χ1) is 12.1. The van der Waals surface area contributed by atoms with Gasteiger partial charge in [0.15, 0.2) is 0 Å². The highest BCUT2D eigenvalue weighted by Crippen LogP contribution is 2.65. The number of alkyl halides is 10. The SMILES string of the molecule is CCC(C)C(=O)OC1(C)C(F)(F)C(C)(C(F)(F)F)OC(O)(C(F)(F)F)C1(F)F. The Balaban J connectivity index is 3.89. The van der Waals surface area contributed by atoms with Crippen molar-refractivity contribution in [2.75, 3.05) is 0 Å². The number of rotatable bonds is 3. The van der Waals surface area contributed by atoms with Gasteiger partial charge in [-0.2, -0.15) is 43.9 Å². The molecule has 0 aromatic carbocycles. The van der Waals surface area contributed by atoms with Gasteiger partial charge in [0.25, 0.3) is 0 Å². The van der Waals surface area contributed by atoms with Crippen LogP contribution in [0.3, 0.4) is 0 Å². The molecule has 1 aliphatic heterocycles. The summed E-state index contributed by atoms with van der Waals surface area (Å²) < 4.78 is 144. The Bertz CT molecular complexity index is 591. The van der Waals surface area contributed by atoms with Gasteiger partial charge >= 0.3 is 36.0 Å². The summed E-state index contributed by atoms with van der Waals surface area (Å²) in [7, 11) is 0. The summed E-state index contributed by atoms with van der Waals surface area (Å²) in [5.74, 6) is -21.6. The summed E-state index contributed by atoms with van der Waals surface area (Å²) in [4.78, 5) is 11.8. The van der Waals surface area contributed by atoms with Crippen LogP contribution in [-0.2, 0) is 14.3 Å². The number of hydrogen-bond donors (Lipinski definition) is 1. The fraction of sp³-hybridized carbons (Fsp3) is 0.929. The van der Waals surface area contributed by atoms with Crippen molar-refractivity contribution in [2.45, 2.75) is 75.3 Å². The van der Waals surface area contributed by atoms with E-state index in [-0.39, 0.29) is 6.42 Å². The predicted octanol–water partition coefficient (Wildman–Crippen LogP) is 4.21. The van der Waals surface area contributed by atoms with Crippen LogP contribution in [-0.4, -0.2) is 52.3 Å². The molecule has 1 aliphatic rings. The lowest BCUT2D eigenvalue weighted by atomic mass is 9.72. The van der Waals surface area contributed by atoms with Crippen LogP contribution in [0, 0.1) is 5.92 Å². The molecular formula is C14H16F10O4. The standard InChI is InChI=1S/C14H16F10O4/c1-5-6(2)7(25)27-8(3)10(15,16)9(4,13(19,20)21)28-12(26,11(8,17)18)14(22,23)24/h6,26H,5H2,1-4H3. The molecule has 0 spiro atoms. The van der Waals surface area contributed by atoms with Gasteiger partial charge in [0.1, 0.15) is 0 Å². The van der Waals surface area contributed by atoms with Crippen LogP contribution >= 0.6 is 0 Å². The maximum absolute atomic E-state index is 14.7. The molecule has 1 saturated heterocycles. The van der Waals surface area contributed by atoms with E-state index in [1.54, 1.807) is 0 Å². The van der Waals surface area contributed by atoms with Crippen molar-refractivity contribution in [3.8, 4) is 0 Å². The third-order valence-corrected chi connectivity index (χ3v) is 4.82. The van der Waals surface area contributed by atoms with Gasteiger partial charge in [-0.15, -0.1) is 0 Å². The molecule has 166 valence electrons. The number of halogens is 10. The van der Waals surface area contributed by atoms with E-state index in [1.165, 1.54) is 6.92 Å². The second kappa shape index (κ2) is 6.34. The quantitative estimate of drug-likeness (QED) is 0.530. The van der Waals surface area contributed by atoms with E-state index in [0.29, 0.717) is 0 Å². The van der Waals surface area contributed by atoms with Crippen molar-refractivity contribution in [2.24, 2.45) is 5.92 Å². The Morgan fingerprint density at radius 2 is 1.43 bits per heavy atom. The third kappa shape index (κ3) is 2.85. The molecule has 0 aromatic heterocycles. The fourth-order valence-electron chi connectivity index (χ4n) is 2.47. The van der Waals surface area contributed by atoms with E-state index in [9.17, 15) is 53.8 Å². The largest absolute Gasteiger partial charge is 0.449 e. The average Bonchev–Trinajstić information content (AvgIpc) is 2.49. The molecule has 0 aliphatic carbocycles.